The highest BCUT2D eigenvalue weighted by molar-refractivity contribution is 5.69. The lowest BCUT2D eigenvalue weighted by molar-refractivity contribution is -0.146. The van der Waals surface area contributed by atoms with E-state index in [4.69, 9.17) is 9.84 Å². The zero-order valence-electron chi connectivity index (χ0n) is 8.88. The van der Waals surface area contributed by atoms with Crippen LogP contribution < -0.4 is 6.15 Å². The highest BCUT2D eigenvalue weighted by Crippen LogP contribution is 2.00. The molecule has 0 radical (unpaired) electrons. The van der Waals surface area contributed by atoms with Gasteiger partial charge in [0.2, 0.25) is 0 Å². The zero-order chi connectivity index (χ0) is 9.40. The standard InChI is InChI=1S/C9H18O3.H3N/c1-3-4-5-6-9(11)12-7-8(2)10;/h8,10H,3-7H2,1-2H3;1H3/p+1. The molecular formula is C9H22NO3+. The molecule has 4 heteroatoms. The van der Waals surface area contributed by atoms with E-state index in [9.17, 15) is 4.79 Å². The number of quaternary nitrogens is 1. The molecule has 0 aliphatic heterocycles. The largest absolute Gasteiger partial charge is 0.463 e. The summed E-state index contributed by atoms with van der Waals surface area (Å²) in [6.07, 6.45) is 2.96. The fraction of sp³-hybridized carbons (Fsp3) is 0.889. The molecule has 0 spiro atoms. The molecule has 5 N–H and O–H groups in total. The lowest BCUT2D eigenvalue weighted by Gasteiger charge is -2.05. The van der Waals surface area contributed by atoms with Crippen molar-refractivity contribution in [2.24, 2.45) is 0 Å². The molecule has 0 heterocycles. The fourth-order valence-corrected chi connectivity index (χ4v) is 0.805. The minimum Gasteiger partial charge on any atom is -0.463 e. The van der Waals surface area contributed by atoms with Crippen LogP contribution in [-0.2, 0) is 9.53 Å². The molecule has 1 atom stereocenters. The Bertz CT molecular complexity index is 126. The number of aliphatic hydroxyl groups excluding tert-OH is 1. The van der Waals surface area contributed by atoms with E-state index in [1.165, 1.54) is 0 Å². The van der Waals surface area contributed by atoms with Gasteiger partial charge in [-0.05, 0) is 13.3 Å². The molecule has 80 valence electrons. The Kier molecular flexibility index (Phi) is 10.9. The van der Waals surface area contributed by atoms with Crippen molar-refractivity contribution in [3.63, 3.8) is 0 Å². The Morgan fingerprint density at radius 3 is 2.54 bits per heavy atom. The van der Waals surface area contributed by atoms with Crippen molar-refractivity contribution in [3.8, 4) is 0 Å². The van der Waals surface area contributed by atoms with E-state index in [0.29, 0.717) is 6.42 Å². The van der Waals surface area contributed by atoms with Gasteiger partial charge in [-0.25, -0.2) is 0 Å². The van der Waals surface area contributed by atoms with Crippen LogP contribution >= 0.6 is 0 Å². The van der Waals surface area contributed by atoms with Crippen molar-refractivity contribution in [2.75, 3.05) is 6.61 Å². The summed E-state index contributed by atoms with van der Waals surface area (Å²) >= 11 is 0. The third-order valence-electron chi connectivity index (χ3n) is 1.47. The summed E-state index contributed by atoms with van der Waals surface area (Å²) < 4.78 is 4.76. The number of hydrogen-bond acceptors (Lipinski definition) is 3. The van der Waals surface area contributed by atoms with Crippen LogP contribution in [0.1, 0.15) is 39.5 Å². The Morgan fingerprint density at radius 1 is 1.46 bits per heavy atom. The van der Waals surface area contributed by atoms with Crippen molar-refractivity contribution >= 4 is 5.97 Å². The van der Waals surface area contributed by atoms with Gasteiger partial charge in [0, 0.05) is 6.42 Å². The number of rotatable bonds is 6. The molecule has 0 rings (SSSR count). The maximum absolute atomic E-state index is 10.9. The summed E-state index contributed by atoms with van der Waals surface area (Å²) in [5, 5.41) is 8.80. The summed E-state index contributed by atoms with van der Waals surface area (Å²) in [6.45, 7) is 3.80. The quantitative estimate of drug-likeness (QED) is 0.497. The van der Waals surface area contributed by atoms with E-state index in [0.717, 1.165) is 19.3 Å². The second-order valence-electron chi connectivity index (χ2n) is 2.99. The average Bonchev–Trinajstić information content (AvgIpc) is 2.01. The van der Waals surface area contributed by atoms with Crippen LogP contribution in [0.25, 0.3) is 0 Å². The SMILES string of the molecule is CCCCCC(=O)OCC(C)O.[NH4+]. The predicted octanol–water partition coefficient (Wildman–Crippen LogP) is 1.87. The van der Waals surface area contributed by atoms with Crippen LogP contribution in [0.3, 0.4) is 0 Å². The van der Waals surface area contributed by atoms with Gasteiger partial charge >= 0.3 is 5.97 Å². The van der Waals surface area contributed by atoms with Gasteiger partial charge in [-0.3, -0.25) is 4.79 Å². The van der Waals surface area contributed by atoms with Crippen molar-refractivity contribution in [1.29, 1.82) is 0 Å². The second-order valence-corrected chi connectivity index (χ2v) is 2.99. The molecule has 0 aromatic carbocycles. The fourth-order valence-electron chi connectivity index (χ4n) is 0.805. The molecule has 0 aliphatic carbocycles. The molecule has 0 saturated carbocycles. The second kappa shape index (κ2) is 9.48. The monoisotopic (exact) mass is 192 g/mol. The van der Waals surface area contributed by atoms with E-state index in [1.807, 2.05) is 0 Å². The molecule has 13 heavy (non-hydrogen) atoms. The van der Waals surface area contributed by atoms with Crippen LogP contribution in [0.2, 0.25) is 0 Å². The van der Waals surface area contributed by atoms with E-state index in [-0.39, 0.29) is 18.7 Å². The minimum atomic E-state index is -0.555. The van der Waals surface area contributed by atoms with Gasteiger partial charge in [-0.1, -0.05) is 19.8 Å². The molecule has 0 aliphatic rings. The van der Waals surface area contributed by atoms with Gasteiger partial charge < -0.3 is 16.0 Å². The molecule has 0 saturated heterocycles. The smallest absolute Gasteiger partial charge is 0.305 e. The molecule has 0 aromatic rings. The van der Waals surface area contributed by atoms with Gasteiger partial charge in [0.25, 0.3) is 0 Å². The van der Waals surface area contributed by atoms with Crippen LogP contribution in [0.4, 0.5) is 0 Å². The first kappa shape index (κ1) is 14.9. The summed E-state index contributed by atoms with van der Waals surface area (Å²) in [4.78, 5) is 10.9. The number of ether oxygens (including phenoxy) is 1. The van der Waals surface area contributed by atoms with Crippen LogP contribution in [0, 0.1) is 0 Å². The van der Waals surface area contributed by atoms with Gasteiger partial charge in [0.15, 0.2) is 0 Å². The number of unbranched alkanes of at least 4 members (excludes halogenated alkanes) is 2. The predicted molar refractivity (Wildman–Crippen MR) is 52.8 cm³/mol. The van der Waals surface area contributed by atoms with Crippen LogP contribution in [0.5, 0.6) is 0 Å². The van der Waals surface area contributed by atoms with Crippen molar-refractivity contribution < 1.29 is 14.6 Å². The summed E-state index contributed by atoms with van der Waals surface area (Å²) in [5.74, 6) is -0.204. The molecule has 0 amide bonds. The van der Waals surface area contributed by atoms with Gasteiger partial charge in [0.1, 0.15) is 6.61 Å². The molecular weight excluding hydrogens is 170 g/mol. The van der Waals surface area contributed by atoms with Gasteiger partial charge in [-0.15, -0.1) is 0 Å². The molecule has 0 fully saturated rings. The van der Waals surface area contributed by atoms with E-state index >= 15 is 0 Å². The first-order chi connectivity index (χ1) is 5.66. The summed E-state index contributed by atoms with van der Waals surface area (Å²) in [7, 11) is 0. The summed E-state index contributed by atoms with van der Waals surface area (Å²) in [5.41, 5.74) is 0. The highest BCUT2D eigenvalue weighted by atomic mass is 16.5. The lowest BCUT2D eigenvalue weighted by atomic mass is 10.2. The van der Waals surface area contributed by atoms with Gasteiger partial charge in [-0.2, -0.15) is 0 Å². The maximum Gasteiger partial charge on any atom is 0.305 e. The topological polar surface area (TPSA) is 83.0 Å². The molecule has 0 bridgehead atoms. The van der Waals surface area contributed by atoms with Gasteiger partial charge in [0.05, 0.1) is 6.10 Å². The van der Waals surface area contributed by atoms with Crippen molar-refractivity contribution in [3.05, 3.63) is 0 Å². The van der Waals surface area contributed by atoms with Crippen LogP contribution in [-0.4, -0.2) is 23.8 Å². The Hall–Kier alpha value is -0.610. The van der Waals surface area contributed by atoms with E-state index in [1.54, 1.807) is 6.92 Å². The Morgan fingerprint density at radius 2 is 2.08 bits per heavy atom. The zero-order valence-corrected chi connectivity index (χ0v) is 8.88. The summed E-state index contributed by atoms with van der Waals surface area (Å²) in [6, 6.07) is 0. The first-order valence-electron chi connectivity index (χ1n) is 4.50. The average molecular weight is 192 g/mol. The lowest BCUT2D eigenvalue weighted by Crippen LogP contribution is -2.14. The molecule has 0 aromatic heterocycles. The number of hydrogen-bond donors (Lipinski definition) is 2. The van der Waals surface area contributed by atoms with Crippen LogP contribution in [0.15, 0.2) is 0 Å². The molecule has 4 nitrogen and oxygen atoms in total. The third-order valence-corrected chi connectivity index (χ3v) is 1.47. The normalized spacial score (nSPS) is 11.6. The minimum absolute atomic E-state index is 0. The highest BCUT2D eigenvalue weighted by Gasteiger charge is 2.03. The first-order valence-corrected chi connectivity index (χ1v) is 4.50. The van der Waals surface area contributed by atoms with E-state index < -0.39 is 6.10 Å². The number of carbonyl (C=O) groups is 1. The number of esters is 1. The third kappa shape index (κ3) is 11.4. The molecule has 1 unspecified atom stereocenters. The maximum atomic E-state index is 10.9. The number of aliphatic hydroxyl groups is 1. The Balaban J connectivity index is 0. The van der Waals surface area contributed by atoms with Crippen molar-refractivity contribution in [2.45, 2.75) is 45.6 Å². The van der Waals surface area contributed by atoms with E-state index in [2.05, 4.69) is 6.92 Å². The van der Waals surface area contributed by atoms with Crippen molar-refractivity contribution in [1.82, 2.24) is 6.15 Å². The number of carbonyl (C=O) groups excluding carboxylic acids is 1. The Labute approximate surface area is 79.9 Å².